The monoisotopic (exact) mass is 2090 g/mol. The average molecular weight is 2090 g/mol. The van der Waals surface area contributed by atoms with Crippen molar-refractivity contribution in [2.75, 3.05) is 75.6 Å². The molecule has 0 unspecified atom stereocenters. The number of carbonyl (C=O) groups is 10. The van der Waals surface area contributed by atoms with Gasteiger partial charge in [-0.3, -0.25) is 33.6 Å². The standard InChI is InChI=1S/C53H84N2O14.C51H81NO12.2C2H5NO3.ClH/c1-32-16-12-11-13-17-34(3)44(64-8)30-40-22-20-38(7)53(63,69-40)50(60)51(61)55-25-15-14-18-41(55)52(62)68-43(35(4)28-39-21-23-42(56)45(29-39)65-9)24-19-33(2)27-37(6)48(59)49(66-10)47(36(5)26-32)54-67-31-46(57)58;1-31-16-12-11-13-17-33(3)43(60-8)30-39-22-20-37(7)51(59,64-39)48(56)49(57)52-25-15-14-18-40(52)50(58)63-42(34(4)28-38-21-23-41(53)44(29-38)61-9)24-19-32(2)27-36(6)46(55)47(62-10)45(54)35(5)26-31;2*3-6-1-2(4)5;/h11-13,16-17,27,32-33,35-36,38-45,48-49,56,59,63H,14-15,18-26,28-31H2,1-10H3,(H,57,58);11-13,16-17,27,31-32,34-35,37-44,46-47,53,55,59H,14-15,18-26,28-30H2,1-10H3;2*1,3H2,(H,4,5);1H/b13-11+,16-12+,34-17+,37-27+,54-47?;13-11+,16-12+,33-17+,36-27+;;;/t32-,33+,35-,36-,38-,39+,40+,41+,42-,43+,44+,45-,48-,49+,53-;31-,32+,34-,35-,37-,38+,39+,40+,41-,42+,43+,44-,46-,47+,51-;;;/m11.../s1. The van der Waals surface area contributed by atoms with Gasteiger partial charge in [0.2, 0.25) is 18.2 Å². The molecular weight excluding hydrogens is 1910 g/mol. The van der Waals surface area contributed by atoms with Crippen LogP contribution in [-0.4, -0.2) is 305 Å². The number of fused-ring (bicyclic) bond motifs is 6. The number of methoxy groups -OCH3 is 6. The van der Waals surface area contributed by atoms with Gasteiger partial charge in [-0.15, -0.1) is 12.4 Å². The van der Waals surface area contributed by atoms with Crippen molar-refractivity contribution < 1.29 is 156 Å². The number of aliphatic hydroxyl groups excluding tert-OH is 4. The first-order chi connectivity index (χ1) is 68.6. The highest BCUT2D eigenvalue weighted by Gasteiger charge is 2.56. The number of ketones is 3. The van der Waals surface area contributed by atoms with E-state index in [1.165, 1.54) is 24.0 Å². The van der Waals surface area contributed by atoms with Gasteiger partial charge in [0, 0.05) is 92.3 Å². The number of carboxylic acid groups (broad SMARTS) is 3. The molecule has 0 radical (unpaired) electrons. The summed E-state index contributed by atoms with van der Waals surface area (Å²) in [5, 5.41) is 97.2. The number of ether oxygens (including phenoxy) is 10. The molecule has 2 amide bonds. The molecule has 4 saturated heterocycles. The first kappa shape index (κ1) is 131. The first-order valence-electron chi connectivity index (χ1n) is 51.9. The van der Waals surface area contributed by atoms with E-state index in [0.717, 1.165) is 30.4 Å². The van der Waals surface area contributed by atoms with Crippen LogP contribution in [0.3, 0.4) is 0 Å². The summed E-state index contributed by atoms with van der Waals surface area (Å²) in [5.41, 5.74) is 3.36. The van der Waals surface area contributed by atoms with Crippen LogP contribution in [-0.2, 0) is 110 Å². The van der Waals surface area contributed by atoms with E-state index >= 15 is 0 Å². The molecule has 8 aliphatic rings. The summed E-state index contributed by atoms with van der Waals surface area (Å²) in [4.78, 5) is 145. The Morgan fingerprint density at radius 3 is 1.18 bits per heavy atom. The van der Waals surface area contributed by atoms with Gasteiger partial charge in [-0.2, -0.15) is 0 Å². The van der Waals surface area contributed by atoms with Gasteiger partial charge in [0.25, 0.3) is 23.4 Å². The van der Waals surface area contributed by atoms with Gasteiger partial charge in [-0.1, -0.05) is 147 Å². The lowest BCUT2D eigenvalue weighted by Gasteiger charge is -2.42. The minimum atomic E-state index is -2.40. The summed E-state index contributed by atoms with van der Waals surface area (Å²) < 4.78 is 59.6. The van der Waals surface area contributed by atoms with Crippen LogP contribution in [0.15, 0.2) is 100 Å². The summed E-state index contributed by atoms with van der Waals surface area (Å²) in [7, 11) is 9.29. The van der Waals surface area contributed by atoms with E-state index in [4.69, 9.17) is 62.4 Å². The average Bonchev–Trinajstić information content (AvgIpc) is 0.773. The van der Waals surface area contributed by atoms with E-state index in [1.807, 2.05) is 135 Å². The van der Waals surface area contributed by atoms with Crippen molar-refractivity contribution in [3.63, 3.8) is 0 Å². The lowest BCUT2D eigenvalue weighted by Crippen LogP contribution is -2.61. The van der Waals surface area contributed by atoms with Gasteiger partial charge in [0.05, 0.1) is 54.5 Å². The Balaban J connectivity index is 0.000000543. The van der Waals surface area contributed by atoms with Crippen molar-refractivity contribution in [1.29, 1.82) is 0 Å². The SMILES string of the molecule is CO[C@H]1C[C@@H]2CC[C@@H](C)[C@@](O)(O2)C(=O)C(=O)N2CCCC[C@H]2C(=O)O[C@H]([C@H](C)C[C@@H]2CC[C@@H](O)[C@H](OC)C2)CC[C@H](C)/C=C(\C)[C@@H](O)[C@@H](OC)C(=NOCC(=O)O)[C@H](C)C[C@H](C)/C=C/C=C/C=C/1C.CO[C@H]1C[C@@H]2CC[C@@H](C)[C@@](O)(O2)C(=O)C(=O)N2CCCC[C@H]2C(=O)O[C@H]([C@H](C)C[C@@H]2CC[C@@H](O)[C@H](OC)C2)CC[C@H](C)/C=C(\C)[C@@H](O)[C@@H](OC)C(=O)[C@H](C)C[C@H](C)/C=C/C=C/C=C/1C.Cl.NOCC(=O)O.NOCC(=O)O. The Bertz CT molecular complexity index is 4330. The Hall–Kier alpha value is -7.74. The van der Waals surface area contributed by atoms with E-state index in [2.05, 4.69) is 33.5 Å². The van der Waals surface area contributed by atoms with Crippen molar-refractivity contribution in [3.05, 3.63) is 95.2 Å². The molecule has 0 aromatic heterocycles. The van der Waals surface area contributed by atoms with E-state index in [-0.39, 0.29) is 103 Å². The molecule has 37 nitrogen and oxygen atoms in total. The number of aliphatic hydroxyl groups is 6. The number of allylic oxidation sites excluding steroid dienone is 12. The topological polar surface area (TPSA) is 544 Å². The number of carboxylic acids is 3. The van der Waals surface area contributed by atoms with Gasteiger partial charge in [0.15, 0.2) is 19.0 Å². The summed E-state index contributed by atoms with van der Waals surface area (Å²) in [6, 6.07) is -2.06. The van der Waals surface area contributed by atoms with Gasteiger partial charge >= 0.3 is 29.8 Å². The van der Waals surface area contributed by atoms with E-state index in [1.54, 1.807) is 56.1 Å². The van der Waals surface area contributed by atoms with Crippen molar-refractivity contribution >= 4 is 77.1 Å². The fourth-order valence-corrected chi connectivity index (χ4v) is 21.1. The molecule has 6 fully saturated rings. The minimum absolute atomic E-state index is 0. The summed E-state index contributed by atoms with van der Waals surface area (Å²) in [5.74, 6) is -6.75. The highest BCUT2D eigenvalue weighted by molar-refractivity contribution is 6.39. The van der Waals surface area contributed by atoms with Crippen LogP contribution < -0.4 is 11.8 Å². The van der Waals surface area contributed by atoms with Crippen LogP contribution in [0.4, 0.5) is 0 Å². The molecule has 832 valence electrons. The van der Waals surface area contributed by atoms with Crippen LogP contribution in [0.1, 0.15) is 264 Å². The van der Waals surface area contributed by atoms with Crippen molar-refractivity contribution in [2.45, 2.75) is 373 Å². The Labute approximate surface area is 870 Å². The number of hydrogen-bond acceptors (Lipinski definition) is 32. The molecule has 38 heteroatoms. The largest absolute Gasteiger partial charge is 0.479 e. The lowest BCUT2D eigenvalue weighted by molar-refractivity contribution is -0.265. The van der Waals surface area contributed by atoms with E-state index < -0.39 is 182 Å². The first-order valence-corrected chi connectivity index (χ1v) is 51.9. The van der Waals surface area contributed by atoms with Crippen LogP contribution >= 0.6 is 12.4 Å². The zero-order chi connectivity index (χ0) is 108. The fraction of sp³-hybridized carbons (Fsp3) is 0.750. The van der Waals surface area contributed by atoms with Crippen LogP contribution in [0, 0.1) is 71.0 Å². The molecular formula is C108H176ClN5O32. The number of esters is 2. The number of oxime groups is 1. The molecule has 8 rings (SSSR count). The number of Topliss-reactive ketones (excluding diaryl/α,β-unsaturated/α-hetero) is 3. The Morgan fingerprint density at radius 1 is 0.445 bits per heavy atom. The predicted octanol–water partition coefficient (Wildman–Crippen LogP) is 12.2. The molecule has 13 N–H and O–H groups in total. The molecule has 2 saturated carbocycles. The second kappa shape index (κ2) is 66.2. The zero-order valence-electron chi connectivity index (χ0n) is 89.8. The molecule has 146 heavy (non-hydrogen) atoms. The van der Waals surface area contributed by atoms with Crippen molar-refractivity contribution in [2.24, 2.45) is 88.0 Å². The van der Waals surface area contributed by atoms with Crippen LogP contribution in [0.2, 0.25) is 0 Å². The third-order valence-corrected chi connectivity index (χ3v) is 29.8. The molecule has 6 aliphatic heterocycles. The summed E-state index contributed by atoms with van der Waals surface area (Å²) in [6.07, 6.45) is 28.7. The third-order valence-electron chi connectivity index (χ3n) is 29.8. The zero-order valence-corrected chi connectivity index (χ0v) is 90.7. The molecule has 30 atom stereocenters. The molecule has 6 heterocycles. The lowest BCUT2D eigenvalue weighted by atomic mass is 9.78. The number of piperidine rings is 2. The maximum absolute atomic E-state index is 14.5. The molecule has 0 spiro atoms. The number of rotatable bonds is 19. The minimum Gasteiger partial charge on any atom is -0.479 e. The van der Waals surface area contributed by atoms with Gasteiger partial charge in [0.1, 0.15) is 48.7 Å². The number of amides is 2. The Kier molecular flexibility index (Phi) is 59.2. The number of carbonyl (C=O) groups excluding carboxylic acids is 7. The van der Waals surface area contributed by atoms with Crippen LogP contribution in [0.25, 0.3) is 0 Å². The molecule has 2 aliphatic carbocycles. The number of nitrogens with two attached hydrogens (primary N) is 2. The third kappa shape index (κ3) is 41.1. The highest BCUT2D eigenvalue weighted by atomic mass is 35.5. The second-order valence-corrected chi connectivity index (χ2v) is 41.6. The number of cyclic esters (lactones) is 2. The molecule has 0 aromatic rings. The fourth-order valence-electron chi connectivity index (χ4n) is 21.1. The van der Waals surface area contributed by atoms with Gasteiger partial charge in [-0.05, 0) is 251 Å². The van der Waals surface area contributed by atoms with E-state index in [9.17, 15) is 83.7 Å². The molecule has 4 bridgehead atoms. The summed E-state index contributed by atoms with van der Waals surface area (Å²) >= 11 is 0. The number of nitrogens with zero attached hydrogens (tertiary/aromatic N) is 3. The quantitative estimate of drug-likeness (QED) is 0.0248. The predicted molar refractivity (Wildman–Crippen MR) is 548 cm³/mol. The highest BCUT2D eigenvalue weighted by Crippen LogP contribution is 2.42. The number of hydrogen-bond donors (Lipinski definition) is 11. The smallest absolute Gasteiger partial charge is 0.344 e. The van der Waals surface area contributed by atoms with Crippen molar-refractivity contribution in [3.8, 4) is 0 Å². The van der Waals surface area contributed by atoms with Gasteiger partial charge < -0.3 is 108 Å². The Morgan fingerprint density at radius 2 is 0.829 bits per heavy atom. The second-order valence-electron chi connectivity index (χ2n) is 41.6. The van der Waals surface area contributed by atoms with E-state index in [0.29, 0.717) is 165 Å². The van der Waals surface area contributed by atoms with Crippen LogP contribution in [0.5, 0.6) is 0 Å². The molecule has 0 aromatic carbocycles. The summed E-state index contributed by atoms with van der Waals surface area (Å²) in [6.45, 7) is 25.6. The maximum Gasteiger partial charge on any atom is 0.344 e. The number of aliphatic carboxylic acids is 3. The normalized spacial score (nSPS) is 37.1. The number of halogens is 1. The van der Waals surface area contributed by atoms with Crippen molar-refractivity contribution in [1.82, 2.24) is 9.80 Å². The maximum atomic E-state index is 14.5. The van der Waals surface area contributed by atoms with Gasteiger partial charge in [-0.25, -0.2) is 35.8 Å².